The molecule has 0 aliphatic carbocycles. The summed E-state index contributed by atoms with van der Waals surface area (Å²) in [5.41, 5.74) is 0. The summed E-state index contributed by atoms with van der Waals surface area (Å²) in [6.45, 7) is 2.96. The Bertz CT molecular complexity index is 222. The van der Waals surface area contributed by atoms with Crippen molar-refractivity contribution in [3.63, 3.8) is 0 Å². The summed E-state index contributed by atoms with van der Waals surface area (Å²) in [6, 6.07) is 0. The van der Waals surface area contributed by atoms with E-state index in [4.69, 9.17) is 5.11 Å². The van der Waals surface area contributed by atoms with Crippen LogP contribution in [0.25, 0.3) is 0 Å². The third-order valence-electron chi connectivity index (χ3n) is 0.577. The first-order chi connectivity index (χ1) is 5.16. The molecule has 1 aromatic rings. The second-order valence-electron chi connectivity index (χ2n) is 1.33. The fraction of sp³-hybridized carbons (Fsp3) is 0. The first-order valence-corrected chi connectivity index (χ1v) is 4.24. The number of hydrogen-bond donors (Lipinski definition) is 1. The zero-order chi connectivity index (χ0) is 8.69. The quantitative estimate of drug-likeness (QED) is 0.760. The summed E-state index contributed by atoms with van der Waals surface area (Å²) >= 11 is 4.77. The number of nitrogens with zero attached hydrogens (tertiary/aromatic N) is 1. The van der Waals surface area contributed by atoms with E-state index >= 15 is 0 Å². The van der Waals surface area contributed by atoms with Gasteiger partial charge in [-0.3, -0.25) is 0 Å². The fourth-order valence-corrected chi connectivity index (χ4v) is 1.00. The van der Waals surface area contributed by atoms with Gasteiger partial charge in [-0.05, 0) is 15.9 Å². The highest BCUT2D eigenvalue weighted by atomic mass is 79.9. The van der Waals surface area contributed by atoms with Crippen molar-refractivity contribution in [2.24, 2.45) is 0 Å². The molecule has 1 rings (SSSR count). The molecule has 0 amide bonds. The van der Waals surface area contributed by atoms with E-state index in [1.807, 2.05) is 5.38 Å². The zero-order valence-corrected chi connectivity index (χ0v) is 7.93. The molecule has 11 heavy (non-hydrogen) atoms. The van der Waals surface area contributed by atoms with E-state index in [0.29, 0.717) is 0 Å². The Morgan fingerprint density at radius 3 is 2.55 bits per heavy atom. The second kappa shape index (κ2) is 6.06. The van der Waals surface area contributed by atoms with Crippen LogP contribution in [0.15, 0.2) is 28.1 Å². The van der Waals surface area contributed by atoms with Crippen LogP contribution in [-0.4, -0.2) is 16.1 Å². The number of thiazole rings is 1. The highest BCUT2D eigenvalue weighted by Gasteiger charge is 1.79. The number of carboxylic acid groups (broad SMARTS) is 1. The minimum absolute atomic E-state index is 0.833. The van der Waals surface area contributed by atoms with Gasteiger partial charge in [0.05, 0.1) is 0 Å². The number of carbonyl (C=O) groups is 1. The van der Waals surface area contributed by atoms with Gasteiger partial charge in [0.2, 0.25) is 0 Å². The molecule has 60 valence electrons. The van der Waals surface area contributed by atoms with Crippen molar-refractivity contribution in [2.45, 2.75) is 0 Å². The van der Waals surface area contributed by atoms with Gasteiger partial charge in [-0.25, -0.2) is 9.78 Å². The molecule has 0 unspecified atom stereocenters. The molecule has 0 aliphatic rings. The van der Waals surface area contributed by atoms with Gasteiger partial charge >= 0.3 is 5.97 Å². The Morgan fingerprint density at radius 2 is 2.45 bits per heavy atom. The van der Waals surface area contributed by atoms with E-state index in [1.165, 1.54) is 0 Å². The molecular formula is C6H6BrNO2S. The summed E-state index contributed by atoms with van der Waals surface area (Å²) in [5, 5.41) is 9.52. The molecule has 1 N–H and O–H groups in total. The Morgan fingerprint density at radius 1 is 1.91 bits per heavy atom. The maximum Gasteiger partial charge on any atom is 0.327 e. The predicted octanol–water partition coefficient (Wildman–Crippen LogP) is 2.16. The van der Waals surface area contributed by atoms with E-state index in [0.717, 1.165) is 9.99 Å². The highest BCUT2D eigenvalue weighted by molar-refractivity contribution is 9.11. The third-order valence-corrected chi connectivity index (χ3v) is 1.90. The van der Waals surface area contributed by atoms with E-state index in [-0.39, 0.29) is 0 Å². The average molecular weight is 236 g/mol. The lowest BCUT2D eigenvalue weighted by Crippen LogP contribution is -1.82. The van der Waals surface area contributed by atoms with Crippen LogP contribution < -0.4 is 0 Å². The summed E-state index contributed by atoms with van der Waals surface area (Å²) < 4.78 is 0.947. The van der Waals surface area contributed by atoms with Gasteiger partial charge in [0.1, 0.15) is 0 Å². The largest absolute Gasteiger partial charge is 0.478 e. The van der Waals surface area contributed by atoms with Crippen LogP contribution in [0, 0.1) is 0 Å². The monoisotopic (exact) mass is 235 g/mol. The molecule has 3 nitrogen and oxygen atoms in total. The van der Waals surface area contributed by atoms with Gasteiger partial charge in [-0.1, -0.05) is 6.58 Å². The van der Waals surface area contributed by atoms with Gasteiger partial charge in [0, 0.05) is 17.7 Å². The van der Waals surface area contributed by atoms with Crippen molar-refractivity contribution in [1.29, 1.82) is 0 Å². The van der Waals surface area contributed by atoms with Crippen molar-refractivity contribution in [3.05, 3.63) is 28.1 Å². The summed E-state index contributed by atoms with van der Waals surface area (Å²) in [7, 11) is 0. The molecule has 0 fully saturated rings. The minimum atomic E-state index is -0.981. The lowest BCUT2D eigenvalue weighted by Gasteiger charge is -1.64. The number of rotatable bonds is 1. The molecule has 0 saturated carbocycles. The molecule has 0 aromatic carbocycles. The van der Waals surface area contributed by atoms with Gasteiger partial charge in [-0.15, -0.1) is 11.3 Å². The molecule has 0 saturated heterocycles. The van der Waals surface area contributed by atoms with Crippen molar-refractivity contribution in [3.8, 4) is 0 Å². The number of halogens is 1. The van der Waals surface area contributed by atoms with Crippen molar-refractivity contribution in [1.82, 2.24) is 4.98 Å². The normalized spacial score (nSPS) is 7.73. The summed E-state index contributed by atoms with van der Waals surface area (Å²) in [6.07, 6.45) is 2.59. The Kier molecular flexibility index (Phi) is 5.68. The van der Waals surface area contributed by atoms with E-state index in [2.05, 4.69) is 27.5 Å². The average Bonchev–Trinajstić information content (AvgIpc) is 2.41. The van der Waals surface area contributed by atoms with E-state index in [9.17, 15) is 4.79 Å². The number of aliphatic carboxylic acids is 1. The van der Waals surface area contributed by atoms with Crippen LogP contribution in [-0.2, 0) is 4.79 Å². The minimum Gasteiger partial charge on any atom is -0.478 e. The SMILES string of the molecule is Brc1nccs1.C=CC(=O)O. The first-order valence-electron chi connectivity index (χ1n) is 2.57. The van der Waals surface area contributed by atoms with Crippen molar-refractivity contribution >= 4 is 33.2 Å². The third kappa shape index (κ3) is 7.21. The molecule has 5 heteroatoms. The lowest BCUT2D eigenvalue weighted by molar-refractivity contribution is -0.131. The highest BCUT2D eigenvalue weighted by Crippen LogP contribution is 2.10. The second-order valence-corrected chi connectivity index (χ2v) is 3.50. The molecule has 0 bridgehead atoms. The maximum absolute atomic E-state index is 9.25. The van der Waals surface area contributed by atoms with Gasteiger partial charge in [-0.2, -0.15) is 0 Å². The molecule has 0 aliphatic heterocycles. The van der Waals surface area contributed by atoms with Crippen LogP contribution in [0.4, 0.5) is 0 Å². The molecular weight excluding hydrogens is 230 g/mol. The summed E-state index contributed by atoms with van der Waals surface area (Å²) in [5.74, 6) is -0.981. The zero-order valence-electron chi connectivity index (χ0n) is 5.53. The van der Waals surface area contributed by atoms with Crippen molar-refractivity contribution < 1.29 is 9.90 Å². The predicted molar refractivity (Wildman–Crippen MR) is 47.6 cm³/mol. The smallest absolute Gasteiger partial charge is 0.327 e. The standard InChI is InChI=1S/C3H2BrNS.C3H4O2/c4-3-5-1-2-6-3;1-2-3(4)5/h1-2H;2H,1H2,(H,4,5). The van der Waals surface area contributed by atoms with E-state index in [1.54, 1.807) is 17.5 Å². The number of aromatic nitrogens is 1. The topological polar surface area (TPSA) is 50.2 Å². The van der Waals surface area contributed by atoms with Gasteiger partial charge in [0.15, 0.2) is 3.92 Å². The van der Waals surface area contributed by atoms with E-state index < -0.39 is 5.97 Å². The van der Waals surface area contributed by atoms with Crippen molar-refractivity contribution in [2.75, 3.05) is 0 Å². The van der Waals surface area contributed by atoms with Crippen LogP contribution in [0.5, 0.6) is 0 Å². The van der Waals surface area contributed by atoms with Gasteiger partial charge < -0.3 is 5.11 Å². The molecule has 0 radical (unpaired) electrons. The molecule has 1 heterocycles. The first kappa shape index (κ1) is 10.3. The fourth-order valence-electron chi connectivity index (χ4n) is 0.206. The number of hydrogen-bond acceptors (Lipinski definition) is 3. The summed E-state index contributed by atoms with van der Waals surface area (Å²) in [4.78, 5) is 13.1. The number of carboxylic acids is 1. The van der Waals surface area contributed by atoms with Crippen LogP contribution in [0.3, 0.4) is 0 Å². The van der Waals surface area contributed by atoms with Crippen LogP contribution in [0.1, 0.15) is 0 Å². The Balaban J connectivity index is 0.000000187. The Hall–Kier alpha value is -0.680. The van der Waals surface area contributed by atoms with Crippen LogP contribution in [0.2, 0.25) is 0 Å². The molecule has 1 aromatic heterocycles. The molecule has 0 spiro atoms. The van der Waals surface area contributed by atoms with Crippen LogP contribution >= 0.6 is 27.3 Å². The lowest BCUT2D eigenvalue weighted by atomic mass is 10.7. The van der Waals surface area contributed by atoms with Gasteiger partial charge in [0.25, 0.3) is 0 Å². The maximum atomic E-state index is 9.25. The molecule has 0 atom stereocenters. The Labute approximate surface area is 76.5 Å².